The number of esters is 1. The van der Waals surface area contributed by atoms with Gasteiger partial charge in [0, 0.05) is 13.1 Å². The normalized spacial score (nSPS) is 13.3. The monoisotopic (exact) mass is 450 g/mol. The van der Waals surface area contributed by atoms with Gasteiger partial charge in [-0.1, -0.05) is 49.4 Å². The summed E-state index contributed by atoms with van der Waals surface area (Å²) in [6, 6.07) is 12.7. The summed E-state index contributed by atoms with van der Waals surface area (Å²) in [4.78, 5) is 25.9. The number of rotatable bonds is 10. The Bertz CT molecular complexity index is 998. The Kier molecular flexibility index (Phi) is 8.70. The van der Waals surface area contributed by atoms with Gasteiger partial charge in [0.2, 0.25) is 15.9 Å². The Labute approximate surface area is 182 Å². The van der Waals surface area contributed by atoms with E-state index in [0.717, 1.165) is 17.7 Å². The third kappa shape index (κ3) is 6.60. The Morgan fingerprint density at radius 1 is 1.10 bits per heavy atom. The SMILES string of the molecule is CCN(CC(C)C(=O)OC)C(=O)[C@H](Cc1ccccc1)NS(=O)(=O)c1ccccc1F. The second-order valence-corrected chi connectivity index (χ2v) is 8.78. The standard InChI is InChI=1S/C22H27FN2O5S/c1-4-25(15-16(2)22(27)30-3)21(26)19(14-17-10-6-5-7-11-17)24-31(28,29)20-13-9-8-12-18(20)23/h5-13,16,19,24H,4,14-15H2,1-3H3/t16?,19-/m0/s1. The van der Waals surface area contributed by atoms with Gasteiger partial charge in [0.15, 0.2) is 0 Å². The molecule has 0 saturated carbocycles. The second kappa shape index (κ2) is 11.0. The van der Waals surface area contributed by atoms with Gasteiger partial charge in [0.1, 0.15) is 16.8 Å². The molecule has 0 aliphatic heterocycles. The number of hydrogen-bond donors (Lipinski definition) is 1. The number of benzene rings is 2. The number of ether oxygens (including phenoxy) is 1. The van der Waals surface area contributed by atoms with E-state index in [4.69, 9.17) is 4.74 Å². The Morgan fingerprint density at radius 2 is 1.71 bits per heavy atom. The van der Waals surface area contributed by atoms with Crippen LogP contribution in [-0.2, 0) is 30.8 Å². The lowest BCUT2D eigenvalue weighted by atomic mass is 10.0. The fourth-order valence-corrected chi connectivity index (χ4v) is 4.41. The maximum atomic E-state index is 14.1. The van der Waals surface area contributed by atoms with Crippen LogP contribution >= 0.6 is 0 Å². The van der Waals surface area contributed by atoms with E-state index in [1.807, 2.05) is 0 Å². The number of sulfonamides is 1. The fraction of sp³-hybridized carbons (Fsp3) is 0.364. The van der Waals surface area contributed by atoms with Gasteiger partial charge in [-0.15, -0.1) is 0 Å². The van der Waals surface area contributed by atoms with Gasteiger partial charge in [-0.3, -0.25) is 9.59 Å². The Hall–Kier alpha value is -2.78. The van der Waals surface area contributed by atoms with Crippen molar-refractivity contribution in [1.29, 1.82) is 0 Å². The van der Waals surface area contributed by atoms with Crippen molar-refractivity contribution in [2.75, 3.05) is 20.2 Å². The molecule has 9 heteroatoms. The van der Waals surface area contributed by atoms with Gasteiger partial charge in [0.25, 0.3) is 0 Å². The van der Waals surface area contributed by atoms with Gasteiger partial charge >= 0.3 is 5.97 Å². The number of nitrogens with zero attached hydrogens (tertiary/aromatic N) is 1. The zero-order chi connectivity index (χ0) is 23.0. The highest BCUT2D eigenvalue weighted by atomic mass is 32.2. The average molecular weight is 451 g/mol. The summed E-state index contributed by atoms with van der Waals surface area (Å²) in [7, 11) is -3.05. The molecule has 0 aliphatic rings. The molecule has 1 N–H and O–H groups in total. The maximum absolute atomic E-state index is 14.1. The van der Waals surface area contributed by atoms with Crippen LogP contribution in [0.4, 0.5) is 4.39 Å². The summed E-state index contributed by atoms with van der Waals surface area (Å²) < 4.78 is 46.9. The lowest BCUT2D eigenvalue weighted by Gasteiger charge is -2.28. The van der Waals surface area contributed by atoms with Crippen molar-refractivity contribution in [3.05, 3.63) is 66.0 Å². The molecule has 168 valence electrons. The summed E-state index contributed by atoms with van der Waals surface area (Å²) in [6.45, 7) is 3.67. The zero-order valence-electron chi connectivity index (χ0n) is 17.7. The number of halogens is 1. The minimum absolute atomic E-state index is 0.0642. The van der Waals surface area contributed by atoms with Gasteiger partial charge in [0.05, 0.1) is 13.0 Å². The minimum Gasteiger partial charge on any atom is -0.469 e. The highest BCUT2D eigenvalue weighted by Gasteiger charge is 2.31. The molecule has 0 spiro atoms. The molecule has 2 atom stereocenters. The van der Waals surface area contributed by atoms with Crippen LogP contribution in [0.5, 0.6) is 0 Å². The van der Waals surface area contributed by atoms with Gasteiger partial charge in [-0.2, -0.15) is 4.72 Å². The van der Waals surface area contributed by atoms with Gasteiger partial charge in [-0.25, -0.2) is 12.8 Å². The predicted octanol–water partition coefficient (Wildman–Crippen LogP) is 2.37. The second-order valence-electron chi connectivity index (χ2n) is 7.10. The van der Waals surface area contributed by atoms with Crippen molar-refractivity contribution in [2.24, 2.45) is 5.92 Å². The smallest absolute Gasteiger partial charge is 0.310 e. The van der Waals surface area contributed by atoms with E-state index < -0.39 is 44.6 Å². The largest absolute Gasteiger partial charge is 0.469 e. The lowest BCUT2D eigenvalue weighted by Crippen LogP contribution is -2.51. The molecule has 0 bridgehead atoms. The number of methoxy groups -OCH3 is 1. The lowest BCUT2D eigenvalue weighted by molar-refractivity contribution is -0.146. The summed E-state index contributed by atoms with van der Waals surface area (Å²) in [5.74, 6) is -2.48. The molecule has 2 rings (SSSR count). The number of amides is 1. The first-order valence-electron chi connectivity index (χ1n) is 9.87. The Balaban J connectivity index is 2.34. The third-order valence-corrected chi connectivity index (χ3v) is 6.30. The molecule has 1 amide bonds. The van der Waals surface area contributed by atoms with Crippen LogP contribution in [0, 0.1) is 11.7 Å². The van der Waals surface area contributed by atoms with E-state index in [2.05, 4.69) is 4.72 Å². The number of hydrogen-bond acceptors (Lipinski definition) is 5. The third-order valence-electron chi connectivity index (χ3n) is 4.80. The Morgan fingerprint density at radius 3 is 2.29 bits per heavy atom. The number of likely N-dealkylation sites (N-methyl/N-ethyl adjacent to an activating group) is 1. The predicted molar refractivity (Wildman–Crippen MR) is 114 cm³/mol. The van der Waals surface area contributed by atoms with Crippen molar-refractivity contribution in [3.8, 4) is 0 Å². The molecule has 31 heavy (non-hydrogen) atoms. The van der Waals surface area contributed by atoms with Crippen molar-refractivity contribution >= 4 is 21.9 Å². The minimum atomic E-state index is -4.31. The molecule has 0 saturated heterocycles. The van der Waals surface area contributed by atoms with E-state index >= 15 is 0 Å². The maximum Gasteiger partial charge on any atom is 0.310 e. The first-order valence-corrected chi connectivity index (χ1v) is 11.3. The molecule has 1 unspecified atom stereocenters. The summed E-state index contributed by atoms with van der Waals surface area (Å²) in [5.41, 5.74) is 0.731. The first-order chi connectivity index (χ1) is 14.7. The van der Waals surface area contributed by atoms with Crippen LogP contribution in [0.2, 0.25) is 0 Å². The highest BCUT2D eigenvalue weighted by molar-refractivity contribution is 7.89. The molecule has 2 aromatic carbocycles. The van der Waals surface area contributed by atoms with Crippen LogP contribution in [0.3, 0.4) is 0 Å². The summed E-state index contributed by atoms with van der Waals surface area (Å²) in [6.07, 6.45) is 0.0659. The van der Waals surface area contributed by atoms with Crippen molar-refractivity contribution in [2.45, 2.75) is 31.2 Å². The van der Waals surface area contributed by atoms with E-state index in [9.17, 15) is 22.4 Å². The zero-order valence-corrected chi connectivity index (χ0v) is 18.6. The van der Waals surface area contributed by atoms with Crippen LogP contribution in [0.1, 0.15) is 19.4 Å². The molecule has 0 aromatic heterocycles. The topological polar surface area (TPSA) is 92.8 Å². The molecule has 2 aromatic rings. The van der Waals surface area contributed by atoms with E-state index in [-0.39, 0.29) is 19.5 Å². The van der Waals surface area contributed by atoms with Crippen LogP contribution in [-0.4, -0.2) is 51.4 Å². The van der Waals surface area contributed by atoms with E-state index in [1.54, 1.807) is 44.2 Å². The number of carbonyl (C=O) groups excluding carboxylic acids is 2. The van der Waals surface area contributed by atoms with Crippen LogP contribution in [0.25, 0.3) is 0 Å². The van der Waals surface area contributed by atoms with Crippen LogP contribution < -0.4 is 4.72 Å². The molecular formula is C22H27FN2O5S. The average Bonchev–Trinajstić information content (AvgIpc) is 2.76. The van der Waals surface area contributed by atoms with E-state index in [0.29, 0.717) is 0 Å². The summed E-state index contributed by atoms with van der Waals surface area (Å²) >= 11 is 0. The van der Waals surface area contributed by atoms with Crippen molar-refractivity contribution < 1.29 is 27.1 Å². The fourth-order valence-electron chi connectivity index (χ4n) is 3.14. The summed E-state index contributed by atoms with van der Waals surface area (Å²) in [5, 5.41) is 0. The highest BCUT2D eigenvalue weighted by Crippen LogP contribution is 2.16. The number of carbonyl (C=O) groups is 2. The molecule has 0 radical (unpaired) electrons. The molecule has 0 aliphatic carbocycles. The molecular weight excluding hydrogens is 423 g/mol. The first kappa shape index (κ1) is 24.5. The van der Waals surface area contributed by atoms with Gasteiger partial charge < -0.3 is 9.64 Å². The van der Waals surface area contributed by atoms with Crippen molar-refractivity contribution in [3.63, 3.8) is 0 Å². The molecule has 0 fully saturated rings. The van der Waals surface area contributed by atoms with Gasteiger partial charge in [-0.05, 0) is 31.0 Å². The quantitative estimate of drug-likeness (QED) is 0.561. The molecule has 0 heterocycles. The number of nitrogens with one attached hydrogen (secondary N) is 1. The van der Waals surface area contributed by atoms with E-state index in [1.165, 1.54) is 24.1 Å². The van der Waals surface area contributed by atoms with Crippen LogP contribution in [0.15, 0.2) is 59.5 Å². The molecule has 7 nitrogen and oxygen atoms in total. The van der Waals surface area contributed by atoms with Crippen molar-refractivity contribution in [1.82, 2.24) is 9.62 Å².